The van der Waals surface area contributed by atoms with Gasteiger partial charge >= 0.3 is 0 Å². The Morgan fingerprint density at radius 3 is 1.12 bits per heavy atom. The molecule has 1 fully saturated rings. The lowest BCUT2D eigenvalue weighted by Crippen LogP contribution is -2.39. The average molecular weight is 581 g/mol. The van der Waals surface area contributed by atoms with E-state index < -0.39 is 12.2 Å². The summed E-state index contributed by atoms with van der Waals surface area (Å²) < 4.78 is 37.3. The zero-order valence-corrected chi connectivity index (χ0v) is 24.8. The van der Waals surface area contributed by atoms with Crippen molar-refractivity contribution in [3.05, 3.63) is 144 Å². The molecule has 0 spiro atoms. The third kappa shape index (κ3) is 8.12. The number of rotatable bonds is 15. The van der Waals surface area contributed by atoms with Crippen molar-refractivity contribution in [2.75, 3.05) is 14.2 Å². The largest absolute Gasteiger partial charge is 0.497 e. The molecule has 6 heteroatoms. The van der Waals surface area contributed by atoms with Gasteiger partial charge in [0.15, 0.2) is 0 Å². The van der Waals surface area contributed by atoms with Crippen LogP contribution in [-0.2, 0) is 45.4 Å². The molecule has 0 unspecified atom stereocenters. The molecule has 1 saturated carbocycles. The molecule has 43 heavy (non-hydrogen) atoms. The first-order valence-corrected chi connectivity index (χ1v) is 14.6. The number of hydrogen-bond acceptors (Lipinski definition) is 6. The zero-order chi connectivity index (χ0) is 29.9. The van der Waals surface area contributed by atoms with E-state index in [1.807, 2.05) is 91.0 Å². The first kappa shape index (κ1) is 30.5. The second-order valence-corrected chi connectivity index (χ2v) is 10.6. The smallest absolute Gasteiger partial charge is 0.118 e. The van der Waals surface area contributed by atoms with E-state index in [0.717, 1.165) is 33.8 Å². The highest BCUT2D eigenvalue weighted by Gasteiger charge is 2.52. The fraction of sp³-hybridized carbons (Fsp3) is 0.297. The maximum Gasteiger partial charge on any atom is 0.118 e. The van der Waals surface area contributed by atoms with Gasteiger partial charge in [-0.25, -0.2) is 0 Å². The van der Waals surface area contributed by atoms with Crippen molar-refractivity contribution in [2.45, 2.75) is 50.8 Å². The van der Waals surface area contributed by atoms with Gasteiger partial charge in [0.05, 0.1) is 52.9 Å². The molecule has 0 bridgehead atoms. The van der Waals surface area contributed by atoms with Crippen molar-refractivity contribution in [2.24, 2.45) is 5.92 Å². The van der Waals surface area contributed by atoms with Crippen molar-refractivity contribution in [3.63, 3.8) is 0 Å². The van der Waals surface area contributed by atoms with Gasteiger partial charge < -0.3 is 28.4 Å². The van der Waals surface area contributed by atoms with E-state index in [-0.39, 0.29) is 18.1 Å². The minimum Gasteiger partial charge on any atom is -0.497 e. The monoisotopic (exact) mass is 580 g/mol. The summed E-state index contributed by atoms with van der Waals surface area (Å²) in [7, 11) is 3.32. The number of benzene rings is 4. The van der Waals surface area contributed by atoms with E-state index in [1.165, 1.54) is 0 Å². The number of ether oxygens (including phenoxy) is 6. The molecule has 0 radical (unpaired) electrons. The summed E-state index contributed by atoms with van der Waals surface area (Å²) in [6.07, 6.45) is 0.436. The first-order chi connectivity index (χ1) is 21.2. The maximum atomic E-state index is 6.68. The molecule has 5 rings (SSSR count). The van der Waals surface area contributed by atoms with E-state index in [9.17, 15) is 0 Å². The van der Waals surface area contributed by atoms with Crippen LogP contribution in [0.5, 0.6) is 11.5 Å². The Labute approximate surface area is 254 Å². The Morgan fingerprint density at radius 2 is 0.791 bits per heavy atom. The maximum absolute atomic E-state index is 6.68. The molecule has 0 aliphatic heterocycles. The topological polar surface area (TPSA) is 55.4 Å². The molecular weight excluding hydrogens is 540 g/mol. The Hall–Kier alpha value is -3.94. The molecular formula is C37H40O6. The summed E-state index contributed by atoms with van der Waals surface area (Å²) >= 11 is 0. The number of hydrogen-bond donors (Lipinski definition) is 0. The first-order valence-electron chi connectivity index (χ1n) is 14.6. The molecule has 0 heterocycles. The molecule has 0 N–H and O–H groups in total. The fourth-order valence-electron chi connectivity index (χ4n) is 5.42. The molecule has 0 amide bonds. The van der Waals surface area contributed by atoms with Crippen LogP contribution in [0.2, 0.25) is 0 Å². The van der Waals surface area contributed by atoms with Gasteiger partial charge in [-0.05, 0) is 46.5 Å². The van der Waals surface area contributed by atoms with Crippen LogP contribution in [0.15, 0.2) is 122 Å². The third-order valence-corrected chi connectivity index (χ3v) is 7.78. The molecule has 0 saturated heterocycles. The van der Waals surface area contributed by atoms with E-state index in [0.29, 0.717) is 26.4 Å². The minimum absolute atomic E-state index is 0.163. The number of methoxy groups -OCH3 is 2. The quantitative estimate of drug-likeness (QED) is 0.139. The van der Waals surface area contributed by atoms with Crippen LogP contribution in [0.3, 0.4) is 0 Å². The summed E-state index contributed by atoms with van der Waals surface area (Å²) in [4.78, 5) is 0. The predicted molar refractivity (Wildman–Crippen MR) is 167 cm³/mol. The Morgan fingerprint density at radius 1 is 0.465 bits per heavy atom. The van der Waals surface area contributed by atoms with Gasteiger partial charge in [0, 0.05) is 5.92 Å². The molecule has 224 valence electrons. The Bertz CT molecular complexity index is 1370. The molecule has 4 aromatic carbocycles. The highest BCUT2D eigenvalue weighted by Crippen LogP contribution is 2.38. The van der Waals surface area contributed by atoms with Gasteiger partial charge in [-0.1, -0.05) is 91.0 Å². The van der Waals surface area contributed by atoms with E-state index in [1.54, 1.807) is 14.2 Å². The summed E-state index contributed by atoms with van der Waals surface area (Å²) in [5.74, 6) is 1.44. The van der Waals surface area contributed by atoms with Crippen molar-refractivity contribution in [1.29, 1.82) is 0 Å². The van der Waals surface area contributed by atoms with Crippen LogP contribution in [0.25, 0.3) is 0 Å². The van der Waals surface area contributed by atoms with Gasteiger partial charge in [-0.3, -0.25) is 0 Å². The van der Waals surface area contributed by atoms with E-state index in [2.05, 4.69) is 30.8 Å². The summed E-state index contributed by atoms with van der Waals surface area (Å²) in [5.41, 5.74) is 4.23. The third-order valence-electron chi connectivity index (χ3n) is 7.78. The van der Waals surface area contributed by atoms with Crippen molar-refractivity contribution < 1.29 is 28.4 Å². The Balaban J connectivity index is 1.41. The van der Waals surface area contributed by atoms with Crippen LogP contribution < -0.4 is 9.47 Å². The van der Waals surface area contributed by atoms with Gasteiger partial charge in [0.2, 0.25) is 0 Å². The van der Waals surface area contributed by atoms with Gasteiger partial charge in [-0.2, -0.15) is 0 Å². The SMILES string of the molecule is C=C[C@H]1[C@@H](OCc2ccccc2)[C@H](OCc2ccccc2)[C@@H](OCc2ccc(OC)cc2)[C@@H]1OCc1ccc(OC)cc1. The average Bonchev–Trinajstić information content (AvgIpc) is 3.36. The minimum atomic E-state index is -0.409. The second-order valence-electron chi connectivity index (χ2n) is 10.6. The van der Waals surface area contributed by atoms with E-state index in [4.69, 9.17) is 28.4 Å². The molecule has 1 aliphatic carbocycles. The lowest BCUT2D eigenvalue weighted by atomic mass is 10.0. The lowest BCUT2D eigenvalue weighted by Gasteiger charge is -2.27. The normalized spacial score (nSPS) is 21.4. The molecule has 4 aromatic rings. The Kier molecular flexibility index (Phi) is 11.0. The molecule has 0 aromatic heterocycles. The standard InChI is InChI=1S/C37H40O6/c1-4-33-34(40-23-27-11-7-5-8-12-27)36(42-24-28-13-9-6-10-14-28)37(43-26-30-17-21-32(39-3)22-18-30)35(33)41-25-29-15-19-31(38-2)20-16-29/h4-22,33-37H,1,23-26H2,2-3H3/t33-,34+,35+,36-,37-/m0/s1. The van der Waals surface area contributed by atoms with Crippen molar-refractivity contribution in [1.82, 2.24) is 0 Å². The van der Waals surface area contributed by atoms with E-state index >= 15 is 0 Å². The second kappa shape index (κ2) is 15.5. The molecule has 1 aliphatic rings. The van der Waals surface area contributed by atoms with Gasteiger partial charge in [-0.15, -0.1) is 6.58 Å². The summed E-state index contributed by atoms with van der Waals surface area (Å²) in [6, 6.07) is 36.1. The molecule has 6 nitrogen and oxygen atoms in total. The van der Waals surface area contributed by atoms with Gasteiger partial charge in [0.1, 0.15) is 23.7 Å². The van der Waals surface area contributed by atoms with Crippen molar-refractivity contribution in [3.8, 4) is 11.5 Å². The molecule has 5 atom stereocenters. The van der Waals surface area contributed by atoms with Crippen molar-refractivity contribution >= 4 is 0 Å². The lowest BCUT2D eigenvalue weighted by molar-refractivity contribution is -0.141. The summed E-state index contributed by atoms with van der Waals surface area (Å²) in [6.45, 7) is 5.85. The van der Waals surface area contributed by atoms with Crippen LogP contribution in [0.4, 0.5) is 0 Å². The fourth-order valence-corrected chi connectivity index (χ4v) is 5.42. The van der Waals surface area contributed by atoms with Crippen LogP contribution in [0.1, 0.15) is 22.3 Å². The highest BCUT2D eigenvalue weighted by molar-refractivity contribution is 5.28. The summed E-state index contributed by atoms with van der Waals surface area (Å²) in [5, 5.41) is 0. The zero-order valence-electron chi connectivity index (χ0n) is 24.8. The predicted octanol–water partition coefficient (Wildman–Crippen LogP) is 7.16. The van der Waals surface area contributed by atoms with Crippen LogP contribution in [-0.4, -0.2) is 38.6 Å². The van der Waals surface area contributed by atoms with Crippen LogP contribution in [0, 0.1) is 5.92 Å². The van der Waals surface area contributed by atoms with Crippen LogP contribution >= 0.6 is 0 Å². The van der Waals surface area contributed by atoms with Gasteiger partial charge in [0.25, 0.3) is 0 Å². The highest BCUT2D eigenvalue weighted by atomic mass is 16.6.